The molecule has 7 heteroatoms. The van der Waals surface area contributed by atoms with E-state index in [1.165, 1.54) is 0 Å². The Morgan fingerprint density at radius 2 is 2.05 bits per heavy atom. The minimum Gasteiger partial charge on any atom is -0.475 e. The Bertz CT molecular complexity index is 640. The van der Waals surface area contributed by atoms with E-state index in [4.69, 9.17) is 5.11 Å². The molecule has 0 saturated carbocycles. The molecular weight excluding hydrogens is 256 g/mol. The summed E-state index contributed by atoms with van der Waals surface area (Å²) < 4.78 is 28.7. The van der Waals surface area contributed by atoms with Gasteiger partial charge in [-0.2, -0.15) is 13.8 Å². The van der Waals surface area contributed by atoms with Crippen molar-refractivity contribution < 1.29 is 18.7 Å². The van der Waals surface area contributed by atoms with Crippen LogP contribution in [0.1, 0.15) is 34.5 Å². The predicted octanol–water partition coefficient (Wildman–Crippen LogP) is 2.06. The van der Waals surface area contributed by atoms with Crippen LogP contribution in [0.4, 0.5) is 8.78 Å². The van der Waals surface area contributed by atoms with Crippen LogP contribution in [0.3, 0.4) is 0 Å². The Labute approximate surface area is 106 Å². The topological polar surface area (TPSA) is 68.0 Å². The molecule has 1 aromatic heterocycles. The number of fused-ring (bicyclic) bond motifs is 1. The quantitative estimate of drug-likeness (QED) is 0.902. The molecule has 1 atom stereocenters. The zero-order valence-electron chi connectivity index (χ0n) is 9.62. The molecule has 1 aromatic carbocycles. The Morgan fingerprint density at radius 3 is 2.68 bits per heavy atom. The maximum atomic E-state index is 13.8. The molecule has 0 radical (unpaired) electrons. The maximum absolute atomic E-state index is 13.8. The monoisotopic (exact) mass is 265 g/mol. The van der Waals surface area contributed by atoms with E-state index in [2.05, 4.69) is 10.1 Å². The third kappa shape index (κ3) is 1.78. The normalized spacial score (nSPS) is 20.2. The third-order valence-electron chi connectivity index (χ3n) is 3.08. The molecule has 2 heterocycles. The number of aromatic nitrogens is 3. The highest BCUT2D eigenvalue weighted by atomic mass is 19.3. The van der Waals surface area contributed by atoms with Gasteiger partial charge in [0.1, 0.15) is 0 Å². The van der Waals surface area contributed by atoms with E-state index in [0.29, 0.717) is 5.56 Å². The second kappa shape index (κ2) is 3.84. The SMILES string of the molecule is O=C(O)c1nc2n(n1)C(c1ccccc1)CC2(F)F. The van der Waals surface area contributed by atoms with Gasteiger partial charge in [-0.25, -0.2) is 9.48 Å². The van der Waals surface area contributed by atoms with E-state index in [1.807, 2.05) is 0 Å². The Hall–Kier alpha value is -2.31. The average molecular weight is 265 g/mol. The fourth-order valence-corrected chi connectivity index (χ4v) is 2.24. The third-order valence-corrected chi connectivity index (χ3v) is 3.08. The lowest BCUT2D eigenvalue weighted by atomic mass is 10.0. The summed E-state index contributed by atoms with van der Waals surface area (Å²) in [5.74, 6) is -5.76. The molecule has 1 unspecified atom stereocenters. The van der Waals surface area contributed by atoms with Gasteiger partial charge in [-0.1, -0.05) is 30.3 Å². The van der Waals surface area contributed by atoms with Gasteiger partial charge < -0.3 is 5.11 Å². The van der Waals surface area contributed by atoms with Crippen LogP contribution in [0.5, 0.6) is 0 Å². The first-order chi connectivity index (χ1) is 8.99. The summed E-state index contributed by atoms with van der Waals surface area (Å²) in [5.41, 5.74) is 0.655. The summed E-state index contributed by atoms with van der Waals surface area (Å²) in [7, 11) is 0. The van der Waals surface area contributed by atoms with Crippen LogP contribution in [-0.2, 0) is 5.92 Å². The second-order valence-corrected chi connectivity index (χ2v) is 4.34. The fraction of sp³-hybridized carbons (Fsp3) is 0.250. The molecule has 1 aliphatic heterocycles. The molecule has 1 N–H and O–H groups in total. The minimum atomic E-state index is -3.17. The number of aromatic carboxylic acids is 1. The molecule has 0 aliphatic carbocycles. The van der Waals surface area contributed by atoms with Gasteiger partial charge in [-0.15, -0.1) is 5.10 Å². The first-order valence-corrected chi connectivity index (χ1v) is 5.62. The van der Waals surface area contributed by atoms with E-state index in [1.54, 1.807) is 30.3 Å². The highest BCUT2D eigenvalue weighted by Crippen LogP contribution is 2.45. The van der Waals surface area contributed by atoms with Crippen molar-refractivity contribution in [1.29, 1.82) is 0 Å². The van der Waals surface area contributed by atoms with Gasteiger partial charge in [-0.05, 0) is 5.56 Å². The average Bonchev–Trinajstić information content (AvgIpc) is 2.91. The van der Waals surface area contributed by atoms with Crippen LogP contribution in [0.2, 0.25) is 0 Å². The number of carboxylic acid groups (broad SMARTS) is 1. The van der Waals surface area contributed by atoms with Crippen molar-refractivity contribution in [2.24, 2.45) is 0 Å². The van der Waals surface area contributed by atoms with Crippen LogP contribution in [0, 0.1) is 0 Å². The number of rotatable bonds is 2. The van der Waals surface area contributed by atoms with Crippen molar-refractivity contribution in [3.8, 4) is 0 Å². The number of alkyl halides is 2. The smallest absolute Gasteiger partial charge is 0.375 e. The van der Waals surface area contributed by atoms with E-state index in [-0.39, 0.29) is 0 Å². The van der Waals surface area contributed by atoms with E-state index in [9.17, 15) is 13.6 Å². The van der Waals surface area contributed by atoms with Crippen molar-refractivity contribution in [2.75, 3.05) is 0 Å². The molecule has 1 aliphatic rings. The highest BCUT2D eigenvalue weighted by molar-refractivity contribution is 5.83. The zero-order valence-corrected chi connectivity index (χ0v) is 9.62. The van der Waals surface area contributed by atoms with Crippen molar-refractivity contribution in [2.45, 2.75) is 18.4 Å². The van der Waals surface area contributed by atoms with Gasteiger partial charge >= 0.3 is 11.9 Å². The van der Waals surface area contributed by atoms with Crippen LogP contribution >= 0.6 is 0 Å². The lowest BCUT2D eigenvalue weighted by Gasteiger charge is -2.11. The fourth-order valence-electron chi connectivity index (χ4n) is 2.24. The van der Waals surface area contributed by atoms with Crippen molar-refractivity contribution in [1.82, 2.24) is 14.8 Å². The molecule has 0 bridgehead atoms. The number of hydrogen-bond acceptors (Lipinski definition) is 3. The van der Waals surface area contributed by atoms with Gasteiger partial charge in [0.25, 0.3) is 5.82 Å². The first-order valence-electron chi connectivity index (χ1n) is 5.62. The summed E-state index contributed by atoms with van der Waals surface area (Å²) >= 11 is 0. The van der Waals surface area contributed by atoms with Crippen molar-refractivity contribution >= 4 is 5.97 Å². The maximum Gasteiger partial charge on any atom is 0.375 e. The standard InChI is InChI=1S/C12H9F2N3O2/c13-12(14)6-8(7-4-2-1-3-5-7)17-11(12)15-9(16-17)10(18)19/h1-5,8H,6H2,(H,18,19). The molecule has 0 spiro atoms. The molecule has 0 fully saturated rings. The summed E-state index contributed by atoms with van der Waals surface area (Å²) in [4.78, 5) is 14.2. The van der Waals surface area contributed by atoms with E-state index < -0.39 is 36.0 Å². The lowest BCUT2D eigenvalue weighted by molar-refractivity contribution is -0.00888. The molecule has 0 saturated heterocycles. The van der Waals surface area contributed by atoms with Crippen molar-refractivity contribution in [3.63, 3.8) is 0 Å². The first kappa shape index (κ1) is 11.8. The predicted molar refractivity (Wildman–Crippen MR) is 60.1 cm³/mol. The molecule has 2 aromatic rings. The largest absolute Gasteiger partial charge is 0.475 e. The molecular formula is C12H9F2N3O2. The second-order valence-electron chi connectivity index (χ2n) is 4.34. The van der Waals surface area contributed by atoms with Crippen LogP contribution in [0.15, 0.2) is 30.3 Å². The zero-order chi connectivity index (χ0) is 13.6. The van der Waals surface area contributed by atoms with Gasteiger partial charge in [-0.3, -0.25) is 0 Å². The molecule has 5 nitrogen and oxygen atoms in total. The number of carbonyl (C=O) groups is 1. The Balaban J connectivity index is 2.11. The van der Waals surface area contributed by atoms with Gasteiger partial charge in [0.05, 0.1) is 6.04 Å². The van der Waals surface area contributed by atoms with Crippen molar-refractivity contribution in [3.05, 3.63) is 47.5 Å². The lowest BCUT2D eigenvalue weighted by Crippen LogP contribution is -2.12. The van der Waals surface area contributed by atoms with Gasteiger partial charge in [0.2, 0.25) is 0 Å². The number of halogens is 2. The van der Waals surface area contributed by atoms with Gasteiger partial charge in [0.15, 0.2) is 5.82 Å². The van der Waals surface area contributed by atoms with Crippen LogP contribution in [0.25, 0.3) is 0 Å². The number of nitrogens with zero attached hydrogens (tertiary/aromatic N) is 3. The number of benzene rings is 1. The van der Waals surface area contributed by atoms with Crippen LogP contribution in [-0.4, -0.2) is 25.8 Å². The minimum absolute atomic E-state index is 0.452. The van der Waals surface area contributed by atoms with Gasteiger partial charge in [0, 0.05) is 6.42 Å². The Kier molecular flexibility index (Phi) is 2.38. The molecule has 3 rings (SSSR count). The summed E-state index contributed by atoms with van der Waals surface area (Å²) in [6.45, 7) is 0. The Morgan fingerprint density at radius 1 is 1.37 bits per heavy atom. The highest BCUT2D eigenvalue weighted by Gasteiger charge is 2.49. The summed E-state index contributed by atoms with van der Waals surface area (Å²) in [6.07, 6.45) is -0.452. The molecule has 98 valence electrons. The van der Waals surface area contributed by atoms with Crippen LogP contribution < -0.4 is 0 Å². The number of carboxylic acids is 1. The summed E-state index contributed by atoms with van der Waals surface area (Å²) in [6, 6.07) is 7.98. The summed E-state index contributed by atoms with van der Waals surface area (Å²) in [5, 5.41) is 12.5. The van der Waals surface area contributed by atoms with E-state index >= 15 is 0 Å². The van der Waals surface area contributed by atoms with E-state index in [0.717, 1.165) is 4.68 Å². The molecule has 0 amide bonds. The molecule has 19 heavy (non-hydrogen) atoms. The number of hydrogen-bond donors (Lipinski definition) is 1.